The normalized spacial score (nSPS) is 62.2. The van der Waals surface area contributed by atoms with Crippen LogP contribution in [-0.2, 0) is 0 Å². The smallest absolute Gasteiger partial charge is 0.0709 e. The third-order valence-electron chi connectivity index (χ3n) is 2.79. The maximum atomic E-state index is 6.23. The van der Waals surface area contributed by atoms with Gasteiger partial charge in [0.1, 0.15) is 0 Å². The third-order valence-corrected chi connectivity index (χ3v) is 5.60. The molecule has 0 aromatic carbocycles. The number of rotatable bonds is 0. The highest BCUT2D eigenvalue weighted by Crippen LogP contribution is 2.61. The van der Waals surface area contributed by atoms with E-state index in [-0.39, 0.29) is 20.5 Å². The summed E-state index contributed by atoms with van der Waals surface area (Å²) in [6.07, 6.45) is 2.55. The Hall–Kier alpha value is 1.16. The van der Waals surface area contributed by atoms with Crippen LogP contribution in [0.2, 0.25) is 0 Å². The Morgan fingerprint density at radius 1 is 0.909 bits per heavy atom. The molecular weight excluding hydrogens is 226 g/mol. The van der Waals surface area contributed by atoms with Crippen molar-refractivity contribution in [3.63, 3.8) is 0 Å². The summed E-state index contributed by atoms with van der Waals surface area (Å²) < 4.78 is 0. The summed E-state index contributed by atoms with van der Waals surface area (Å²) >= 11 is 24.5. The van der Waals surface area contributed by atoms with Crippen LogP contribution in [0.25, 0.3) is 0 Å². The van der Waals surface area contributed by atoms with Gasteiger partial charge in [0.2, 0.25) is 0 Å². The molecule has 11 heavy (non-hydrogen) atoms. The Labute approximate surface area is 86.1 Å². The van der Waals surface area contributed by atoms with E-state index < -0.39 is 0 Å². The summed E-state index contributed by atoms with van der Waals surface area (Å²) in [6, 6.07) is 0. The Bertz CT molecular complexity index is 175. The fourth-order valence-electron chi connectivity index (χ4n) is 2.08. The third kappa shape index (κ3) is 1.03. The minimum Gasteiger partial charge on any atom is -0.119 e. The number of hydrogen-bond donors (Lipinski definition) is 0. The van der Waals surface area contributed by atoms with Gasteiger partial charge in [0.25, 0.3) is 0 Å². The van der Waals surface area contributed by atoms with Gasteiger partial charge in [-0.05, 0) is 19.3 Å². The molecular formula is C7H8Cl4. The van der Waals surface area contributed by atoms with Gasteiger partial charge in [-0.1, -0.05) is 0 Å². The minimum atomic E-state index is -0.324. The molecule has 4 atom stereocenters. The predicted molar refractivity (Wildman–Crippen MR) is 50.3 cm³/mol. The van der Waals surface area contributed by atoms with Crippen LogP contribution in [0.1, 0.15) is 19.3 Å². The van der Waals surface area contributed by atoms with Crippen molar-refractivity contribution in [1.82, 2.24) is 0 Å². The molecule has 0 saturated heterocycles. The van der Waals surface area contributed by atoms with E-state index in [1.807, 2.05) is 0 Å². The molecule has 0 amide bonds. The standard InChI is InChI=1S/C7H8Cl4/c8-4-5(9)7(11)2-1-6(4,10)3-7/h4-5H,1-3H2. The Morgan fingerprint density at radius 2 is 1.27 bits per heavy atom. The molecule has 2 rings (SSSR count). The number of fused-ring (bicyclic) bond motifs is 2. The fraction of sp³-hybridized carbons (Fsp3) is 1.00. The van der Waals surface area contributed by atoms with E-state index in [9.17, 15) is 0 Å². The molecule has 2 bridgehead atoms. The highest BCUT2D eigenvalue weighted by molar-refractivity contribution is 6.43. The molecule has 4 heteroatoms. The monoisotopic (exact) mass is 232 g/mol. The first kappa shape index (κ1) is 8.74. The zero-order valence-corrected chi connectivity index (χ0v) is 8.81. The van der Waals surface area contributed by atoms with Crippen LogP contribution in [0, 0.1) is 0 Å². The van der Waals surface area contributed by atoms with Gasteiger partial charge in [-0.3, -0.25) is 0 Å². The van der Waals surface area contributed by atoms with Crippen LogP contribution >= 0.6 is 46.4 Å². The summed E-state index contributed by atoms with van der Waals surface area (Å²) in [5, 5.41) is -0.339. The van der Waals surface area contributed by atoms with Crippen molar-refractivity contribution in [3.8, 4) is 0 Å². The highest BCUT2D eigenvalue weighted by atomic mass is 35.5. The van der Waals surface area contributed by atoms with E-state index in [0.717, 1.165) is 19.3 Å². The lowest BCUT2D eigenvalue weighted by atomic mass is 9.99. The molecule has 0 aliphatic heterocycles. The van der Waals surface area contributed by atoms with Gasteiger partial charge in [0.05, 0.1) is 20.5 Å². The van der Waals surface area contributed by atoms with Gasteiger partial charge in [0.15, 0.2) is 0 Å². The molecule has 0 aromatic rings. The maximum Gasteiger partial charge on any atom is 0.0709 e. The van der Waals surface area contributed by atoms with Gasteiger partial charge in [-0.25, -0.2) is 0 Å². The van der Waals surface area contributed by atoms with E-state index >= 15 is 0 Å². The van der Waals surface area contributed by atoms with Crippen LogP contribution in [0.3, 0.4) is 0 Å². The van der Waals surface area contributed by atoms with Crippen molar-refractivity contribution in [2.75, 3.05) is 0 Å². The van der Waals surface area contributed by atoms with Crippen LogP contribution in [0.15, 0.2) is 0 Å². The lowest BCUT2D eigenvalue weighted by molar-refractivity contribution is 0.531. The van der Waals surface area contributed by atoms with Crippen LogP contribution in [0.4, 0.5) is 0 Å². The second kappa shape index (κ2) is 2.35. The zero-order chi connectivity index (χ0) is 8.28. The zero-order valence-electron chi connectivity index (χ0n) is 5.79. The Balaban J connectivity index is 2.34. The SMILES string of the molecule is ClC1C(Cl)C2(Cl)CCC1(Cl)C2. The summed E-state index contributed by atoms with van der Waals surface area (Å²) in [4.78, 5) is -0.647. The lowest BCUT2D eigenvalue weighted by Gasteiger charge is -2.29. The summed E-state index contributed by atoms with van der Waals surface area (Å²) in [5.41, 5.74) is 0. The van der Waals surface area contributed by atoms with E-state index in [4.69, 9.17) is 46.4 Å². The van der Waals surface area contributed by atoms with Gasteiger partial charge in [-0.2, -0.15) is 0 Å². The van der Waals surface area contributed by atoms with Gasteiger partial charge >= 0.3 is 0 Å². The fourth-order valence-corrected chi connectivity index (χ4v) is 4.05. The molecule has 0 spiro atoms. The van der Waals surface area contributed by atoms with E-state index in [2.05, 4.69) is 0 Å². The molecule has 0 aromatic heterocycles. The molecule has 2 saturated carbocycles. The van der Waals surface area contributed by atoms with Crippen molar-refractivity contribution < 1.29 is 0 Å². The maximum absolute atomic E-state index is 6.23. The molecule has 2 aliphatic rings. The molecule has 0 radical (unpaired) electrons. The average molecular weight is 234 g/mol. The first-order valence-electron chi connectivity index (χ1n) is 3.64. The number of hydrogen-bond acceptors (Lipinski definition) is 0. The topological polar surface area (TPSA) is 0 Å². The van der Waals surface area contributed by atoms with Gasteiger partial charge in [-0.15, -0.1) is 46.4 Å². The summed E-state index contributed by atoms with van der Waals surface area (Å²) in [7, 11) is 0. The van der Waals surface area contributed by atoms with Crippen molar-refractivity contribution in [3.05, 3.63) is 0 Å². The largest absolute Gasteiger partial charge is 0.119 e. The number of halogens is 4. The van der Waals surface area contributed by atoms with Crippen molar-refractivity contribution >= 4 is 46.4 Å². The molecule has 2 fully saturated rings. The Morgan fingerprint density at radius 3 is 1.45 bits per heavy atom. The highest BCUT2D eigenvalue weighted by Gasteiger charge is 2.63. The second-order valence-corrected chi connectivity index (χ2v) is 6.00. The molecule has 0 heterocycles. The minimum absolute atomic E-state index is 0.169. The van der Waals surface area contributed by atoms with Crippen molar-refractivity contribution in [2.24, 2.45) is 0 Å². The Kier molecular flexibility index (Phi) is 1.86. The van der Waals surface area contributed by atoms with Crippen LogP contribution in [-0.4, -0.2) is 20.5 Å². The average Bonchev–Trinajstić information content (AvgIpc) is 2.32. The van der Waals surface area contributed by atoms with Crippen molar-refractivity contribution in [2.45, 2.75) is 39.8 Å². The quantitative estimate of drug-likeness (QED) is 0.563. The predicted octanol–water partition coefficient (Wildman–Crippen LogP) is 3.35. The van der Waals surface area contributed by atoms with Crippen LogP contribution < -0.4 is 0 Å². The molecule has 0 N–H and O–H groups in total. The van der Waals surface area contributed by atoms with E-state index in [1.54, 1.807) is 0 Å². The lowest BCUT2D eigenvalue weighted by Crippen LogP contribution is -2.37. The first-order chi connectivity index (χ1) is 4.98. The van der Waals surface area contributed by atoms with Gasteiger partial charge in [0, 0.05) is 0 Å². The number of alkyl halides is 4. The van der Waals surface area contributed by atoms with E-state index in [0.29, 0.717) is 0 Å². The molecule has 64 valence electrons. The summed E-state index contributed by atoms with van der Waals surface area (Å²) in [6.45, 7) is 0. The van der Waals surface area contributed by atoms with Crippen molar-refractivity contribution in [1.29, 1.82) is 0 Å². The summed E-state index contributed by atoms with van der Waals surface area (Å²) in [5.74, 6) is 0. The second-order valence-electron chi connectivity index (χ2n) is 3.55. The first-order valence-corrected chi connectivity index (χ1v) is 5.27. The molecule has 0 nitrogen and oxygen atoms in total. The molecule has 4 unspecified atom stereocenters. The van der Waals surface area contributed by atoms with Crippen LogP contribution in [0.5, 0.6) is 0 Å². The molecule has 2 aliphatic carbocycles. The van der Waals surface area contributed by atoms with Gasteiger partial charge < -0.3 is 0 Å². The van der Waals surface area contributed by atoms with E-state index in [1.165, 1.54) is 0 Å².